The molecule has 4 atom stereocenters. The molecule has 1 aromatic carbocycles. The number of aromatic nitrogens is 4. The van der Waals surface area contributed by atoms with E-state index >= 15 is 0 Å². The summed E-state index contributed by atoms with van der Waals surface area (Å²) in [5.41, 5.74) is 10.6. The van der Waals surface area contributed by atoms with Crippen LogP contribution in [0.1, 0.15) is 35.1 Å². The lowest BCUT2D eigenvalue weighted by Gasteiger charge is -2.46. The monoisotopic (exact) mass is 426 g/mol. The highest BCUT2D eigenvalue weighted by atomic mass is 16.1. The molecule has 1 saturated heterocycles. The lowest BCUT2D eigenvalue weighted by Crippen LogP contribution is -2.50. The molecule has 6 rings (SSSR count). The fraction of sp³-hybridized carbons (Fsp3) is 0.320. The fourth-order valence-electron chi connectivity index (χ4n) is 5.97. The number of likely N-dealkylation sites (tertiary alicyclic amines) is 1. The second-order valence-electron chi connectivity index (χ2n) is 9.18. The highest BCUT2D eigenvalue weighted by molar-refractivity contribution is 5.88. The number of hydrogen-bond donors (Lipinski definition) is 2. The van der Waals surface area contributed by atoms with Crippen LogP contribution in [0.5, 0.6) is 0 Å². The molecular formula is C25H26N6O. The molecule has 32 heavy (non-hydrogen) atoms. The largest absolute Gasteiger partial charge is 0.369 e. The second kappa shape index (κ2) is 7.31. The summed E-state index contributed by atoms with van der Waals surface area (Å²) in [6.45, 7) is 0.811. The van der Waals surface area contributed by atoms with Gasteiger partial charge < -0.3 is 20.2 Å². The molecule has 2 aliphatic rings. The topological polar surface area (TPSA) is 92.8 Å². The third kappa shape index (κ3) is 2.96. The Kier molecular flexibility index (Phi) is 4.40. The smallest absolute Gasteiger partial charge is 0.226 e. The van der Waals surface area contributed by atoms with Gasteiger partial charge in [0.2, 0.25) is 5.91 Å². The number of carbonyl (C=O) groups is 1. The van der Waals surface area contributed by atoms with E-state index in [1.165, 1.54) is 22.0 Å². The minimum Gasteiger partial charge on any atom is -0.369 e. The number of nitrogens with two attached hydrogens (primary N) is 1. The Bertz CT molecular complexity index is 1280. The fourth-order valence-corrected chi connectivity index (χ4v) is 5.97. The van der Waals surface area contributed by atoms with E-state index in [1.54, 1.807) is 0 Å². The van der Waals surface area contributed by atoms with Crippen molar-refractivity contribution < 1.29 is 4.79 Å². The van der Waals surface area contributed by atoms with E-state index < -0.39 is 5.92 Å². The summed E-state index contributed by atoms with van der Waals surface area (Å²) in [7, 11) is 2.17. The quantitative estimate of drug-likeness (QED) is 0.525. The lowest BCUT2D eigenvalue weighted by molar-refractivity contribution is -0.121. The first-order valence-corrected chi connectivity index (χ1v) is 11.2. The maximum atomic E-state index is 12.7. The molecule has 1 amide bonds. The van der Waals surface area contributed by atoms with E-state index in [0.717, 1.165) is 25.2 Å². The van der Waals surface area contributed by atoms with E-state index in [0.29, 0.717) is 17.7 Å². The number of carbonyl (C=O) groups excluding carboxylic acids is 1. The van der Waals surface area contributed by atoms with Crippen LogP contribution in [0.4, 0.5) is 0 Å². The Balaban J connectivity index is 1.34. The van der Waals surface area contributed by atoms with Crippen molar-refractivity contribution in [2.45, 2.75) is 30.7 Å². The zero-order chi connectivity index (χ0) is 21.8. The predicted molar refractivity (Wildman–Crippen MR) is 123 cm³/mol. The predicted octanol–water partition coefficient (Wildman–Crippen LogP) is 2.98. The molecule has 0 spiro atoms. The number of benzene rings is 1. The van der Waals surface area contributed by atoms with Crippen LogP contribution < -0.4 is 5.73 Å². The minimum atomic E-state index is -0.462. The molecule has 1 aliphatic carbocycles. The van der Waals surface area contributed by atoms with Crippen LogP contribution in [0, 0.1) is 5.92 Å². The first-order valence-electron chi connectivity index (χ1n) is 11.2. The first kappa shape index (κ1) is 19.3. The Labute approximate surface area is 186 Å². The molecule has 4 heterocycles. The maximum Gasteiger partial charge on any atom is 0.226 e. The van der Waals surface area contributed by atoms with Crippen molar-refractivity contribution >= 4 is 16.8 Å². The first-order chi connectivity index (χ1) is 15.6. The SMILES string of the molecule is CN1CC(C(C(N)=O)c2ccc(-n3cccc3)nn2)C[C@@H]2c3cccc4[nH]cc(c34)C[C@H]21. The molecule has 3 N–H and O–H groups in total. The van der Waals surface area contributed by atoms with Crippen molar-refractivity contribution in [3.8, 4) is 5.82 Å². The van der Waals surface area contributed by atoms with Gasteiger partial charge in [0.05, 0.1) is 11.6 Å². The Hall–Kier alpha value is -3.45. The van der Waals surface area contributed by atoms with Crippen LogP contribution in [0.2, 0.25) is 0 Å². The Morgan fingerprint density at radius 2 is 2.00 bits per heavy atom. The number of H-pyrrole nitrogens is 1. The summed E-state index contributed by atoms with van der Waals surface area (Å²) in [5, 5.41) is 10.1. The van der Waals surface area contributed by atoms with Gasteiger partial charge in [-0.25, -0.2) is 0 Å². The zero-order valence-electron chi connectivity index (χ0n) is 18.0. The van der Waals surface area contributed by atoms with Gasteiger partial charge in [-0.1, -0.05) is 12.1 Å². The van der Waals surface area contributed by atoms with Crippen molar-refractivity contribution in [1.82, 2.24) is 24.6 Å². The normalized spacial score (nSPS) is 23.7. The van der Waals surface area contributed by atoms with Crippen LogP contribution in [0.25, 0.3) is 16.7 Å². The maximum absolute atomic E-state index is 12.7. The molecule has 7 nitrogen and oxygen atoms in total. The second-order valence-corrected chi connectivity index (χ2v) is 9.18. The van der Waals surface area contributed by atoms with Gasteiger partial charge in [0.1, 0.15) is 0 Å². The zero-order valence-corrected chi connectivity index (χ0v) is 18.0. The molecule has 2 unspecified atom stereocenters. The van der Waals surface area contributed by atoms with Gasteiger partial charge in [-0.15, -0.1) is 5.10 Å². The van der Waals surface area contributed by atoms with Crippen LogP contribution in [0.3, 0.4) is 0 Å². The third-order valence-electron chi connectivity index (χ3n) is 7.39. The molecule has 7 heteroatoms. The van der Waals surface area contributed by atoms with E-state index in [9.17, 15) is 4.79 Å². The van der Waals surface area contributed by atoms with E-state index in [-0.39, 0.29) is 11.8 Å². The lowest BCUT2D eigenvalue weighted by atomic mass is 9.69. The number of fused-ring (bicyclic) bond motifs is 2. The summed E-state index contributed by atoms with van der Waals surface area (Å²) in [4.78, 5) is 18.5. The molecule has 4 aromatic rings. The average Bonchev–Trinajstić information content (AvgIpc) is 3.47. The van der Waals surface area contributed by atoms with Crippen molar-refractivity contribution in [2.75, 3.05) is 13.6 Å². The summed E-state index contributed by atoms with van der Waals surface area (Å²) in [5.74, 6) is 0.375. The Morgan fingerprint density at radius 3 is 2.75 bits per heavy atom. The molecule has 1 aliphatic heterocycles. The van der Waals surface area contributed by atoms with Gasteiger partial charge in [-0.3, -0.25) is 4.79 Å². The van der Waals surface area contributed by atoms with Crippen molar-refractivity contribution in [3.05, 3.63) is 77.9 Å². The molecular weight excluding hydrogens is 400 g/mol. The molecule has 1 fully saturated rings. The number of amides is 1. The minimum absolute atomic E-state index is 0.0845. The number of piperidine rings is 1. The Morgan fingerprint density at radius 1 is 1.16 bits per heavy atom. The molecule has 0 saturated carbocycles. The standard InChI is InChI=1S/C25H26N6O/c1-30-14-16(11-18-17-5-4-6-19-23(17)15(13-27-19)12-21(18)30)24(25(26)32)20-7-8-22(29-28-20)31-9-2-3-10-31/h2-10,13,16,18,21,24,27H,11-12,14H2,1H3,(H2,26,32)/t16?,18-,21-,24?/m1/s1. The number of likely N-dealkylation sites (N-methyl/N-ethyl adjacent to an activating group) is 1. The highest BCUT2D eigenvalue weighted by Crippen LogP contribution is 2.46. The van der Waals surface area contributed by atoms with E-state index in [4.69, 9.17) is 5.73 Å². The highest BCUT2D eigenvalue weighted by Gasteiger charge is 2.43. The van der Waals surface area contributed by atoms with Crippen LogP contribution in [0.15, 0.2) is 61.1 Å². The van der Waals surface area contributed by atoms with Crippen molar-refractivity contribution in [3.63, 3.8) is 0 Å². The number of nitrogens with zero attached hydrogens (tertiary/aromatic N) is 4. The molecule has 3 aromatic heterocycles. The number of aromatic amines is 1. The van der Waals surface area contributed by atoms with E-state index in [1.807, 2.05) is 41.2 Å². The van der Waals surface area contributed by atoms with Crippen LogP contribution in [-0.2, 0) is 11.2 Å². The number of nitrogens with one attached hydrogen (secondary N) is 1. The van der Waals surface area contributed by atoms with Gasteiger partial charge in [0.25, 0.3) is 0 Å². The number of hydrogen-bond acceptors (Lipinski definition) is 4. The summed E-state index contributed by atoms with van der Waals surface area (Å²) < 4.78 is 1.90. The third-order valence-corrected chi connectivity index (χ3v) is 7.39. The number of rotatable bonds is 4. The molecule has 0 radical (unpaired) electrons. The van der Waals surface area contributed by atoms with Crippen molar-refractivity contribution in [1.29, 1.82) is 0 Å². The van der Waals surface area contributed by atoms with Gasteiger partial charge in [-0.2, -0.15) is 5.10 Å². The van der Waals surface area contributed by atoms with Gasteiger partial charge >= 0.3 is 0 Å². The average molecular weight is 427 g/mol. The summed E-state index contributed by atoms with van der Waals surface area (Å²) in [6.07, 6.45) is 7.93. The molecule has 0 bridgehead atoms. The summed E-state index contributed by atoms with van der Waals surface area (Å²) in [6, 6.07) is 14.6. The molecule has 162 valence electrons. The van der Waals surface area contributed by atoms with E-state index in [2.05, 4.69) is 51.5 Å². The summed E-state index contributed by atoms with van der Waals surface area (Å²) >= 11 is 0. The van der Waals surface area contributed by atoms with Gasteiger partial charge in [0.15, 0.2) is 5.82 Å². The van der Waals surface area contributed by atoms with Crippen molar-refractivity contribution in [2.24, 2.45) is 11.7 Å². The van der Waals surface area contributed by atoms with Gasteiger partial charge in [-0.05, 0) is 67.3 Å². The van der Waals surface area contributed by atoms with Crippen LogP contribution in [-0.4, -0.2) is 50.2 Å². The number of primary amides is 1. The van der Waals surface area contributed by atoms with Gasteiger partial charge in [0, 0.05) is 48.0 Å². The van der Waals surface area contributed by atoms with Crippen LogP contribution >= 0.6 is 0 Å².